The fourth-order valence-electron chi connectivity index (χ4n) is 5.51. The average molecular weight is 603 g/mol. The first-order valence-electron chi connectivity index (χ1n) is 13.9. The maximum absolute atomic E-state index is 14.2. The van der Waals surface area contributed by atoms with Crippen molar-refractivity contribution in [2.75, 3.05) is 6.54 Å². The summed E-state index contributed by atoms with van der Waals surface area (Å²) in [7, 11) is 0. The van der Waals surface area contributed by atoms with E-state index in [1.807, 2.05) is 6.07 Å². The summed E-state index contributed by atoms with van der Waals surface area (Å²) < 4.78 is 5.41. The molecule has 2 aliphatic heterocycles. The molecule has 1 saturated heterocycles. The van der Waals surface area contributed by atoms with Crippen LogP contribution in [0.25, 0.3) is 0 Å². The standard InChI is InChI=1S/C30H39ClN4O7/c1-8-18-13-30(18,25(38)39)33-23(36)21-15-29(14-20(34-42-29)17-10-9-11-19(31)12-17)16-35(21)24(37)22(27(2,3)4)32-26(40)41-28(5,6)7/h8-12,18,21-22H,1,13-16H2,2-7H3,(H,32,40)(H,33,36)(H,38,39)/t18-,21+,22-,29-,30-/m1/s1. The van der Waals surface area contributed by atoms with Gasteiger partial charge in [0.25, 0.3) is 0 Å². The summed E-state index contributed by atoms with van der Waals surface area (Å²) in [6.45, 7) is 14.2. The number of carboxylic acids is 1. The lowest BCUT2D eigenvalue weighted by Gasteiger charge is -2.36. The van der Waals surface area contributed by atoms with Crippen molar-refractivity contribution >= 4 is 41.2 Å². The number of nitrogens with one attached hydrogen (secondary N) is 2. The molecule has 0 bridgehead atoms. The molecule has 1 aliphatic carbocycles. The lowest BCUT2D eigenvalue weighted by Crippen LogP contribution is -2.59. The third kappa shape index (κ3) is 6.40. The SMILES string of the molecule is C=C[C@@H]1C[C@]1(NC(=O)[C@@H]1C[C@]2(CC(c3cccc(Cl)c3)=NO2)CN1C(=O)[C@@H](NC(=O)OC(C)(C)C)C(C)(C)C)C(=O)O. The number of amides is 3. The van der Waals surface area contributed by atoms with Crippen LogP contribution in [-0.2, 0) is 24.0 Å². The maximum Gasteiger partial charge on any atom is 0.408 e. The normalized spacial score (nSPS) is 27.5. The molecular formula is C30H39ClN4O7. The van der Waals surface area contributed by atoms with E-state index in [1.165, 1.54) is 11.0 Å². The number of carboxylic acid groups (broad SMARTS) is 1. The summed E-state index contributed by atoms with van der Waals surface area (Å²) in [5, 5.41) is 20.1. The van der Waals surface area contributed by atoms with Crippen molar-refractivity contribution in [1.29, 1.82) is 0 Å². The molecule has 3 N–H and O–H groups in total. The Morgan fingerprint density at radius 3 is 2.45 bits per heavy atom. The zero-order chi connectivity index (χ0) is 31.3. The van der Waals surface area contributed by atoms with Gasteiger partial charge in [-0.1, -0.05) is 55.7 Å². The molecule has 2 heterocycles. The second kappa shape index (κ2) is 10.9. The third-order valence-corrected chi connectivity index (χ3v) is 8.02. The molecule has 0 radical (unpaired) electrons. The molecule has 42 heavy (non-hydrogen) atoms. The molecule has 12 heteroatoms. The summed E-state index contributed by atoms with van der Waals surface area (Å²) in [5.74, 6) is -2.76. The van der Waals surface area contributed by atoms with E-state index in [-0.39, 0.29) is 19.4 Å². The van der Waals surface area contributed by atoms with Crippen LogP contribution >= 0.6 is 11.6 Å². The monoisotopic (exact) mass is 602 g/mol. The largest absolute Gasteiger partial charge is 0.479 e. The van der Waals surface area contributed by atoms with Crippen molar-refractivity contribution in [2.24, 2.45) is 16.5 Å². The van der Waals surface area contributed by atoms with Gasteiger partial charge in [-0.15, -0.1) is 6.58 Å². The highest BCUT2D eigenvalue weighted by Gasteiger charge is 2.62. The fraction of sp³-hybridized carbons (Fsp3) is 0.567. The third-order valence-electron chi connectivity index (χ3n) is 7.78. The van der Waals surface area contributed by atoms with Gasteiger partial charge in [0, 0.05) is 29.3 Å². The Hall–Kier alpha value is -3.60. The van der Waals surface area contributed by atoms with Gasteiger partial charge in [-0.05, 0) is 44.7 Å². The van der Waals surface area contributed by atoms with Crippen molar-refractivity contribution in [3.8, 4) is 0 Å². The fourth-order valence-corrected chi connectivity index (χ4v) is 5.70. The minimum atomic E-state index is -1.49. The van der Waals surface area contributed by atoms with Crippen LogP contribution in [0, 0.1) is 11.3 Å². The zero-order valence-corrected chi connectivity index (χ0v) is 25.6. The second-order valence-corrected chi connectivity index (χ2v) is 13.9. The van der Waals surface area contributed by atoms with Crippen molar-refractivity contribution in [3.05, 3.63) is 47.5 Å². The van der Waals surface area contributed by atoms with Gasteiger partial charge in [-0.25, -0.2) is 9.59 Å². The smallest absolute Gasteiger partial charge is 0.408 e. The number of alkyl carbamates (subject to hydrolysis) is 1. The van der Waals surface area contributed by atoms with E-state index in [9.17, 15) is 24.3 Å². The highest BCUT2D eigenvalue weighted by Crippen LogP contribution is 2.46. The predicted molar refractivity (Wildman–Crippen MR) is 156 cm³/mol. The number of hydrogen-bond donors (Lipinski definition) is 3. The van der Waals surface area contributed by atoms with Crippen LogP contribution in [0.1, 0.15) is 66.4 Å². The summed E-state index contributed by atoms with van der Waals surface area (Å²) in [5.41, 5.74) is -2.72. The Morgan fingerprint density at radius 1 is 1.21 bits per heavy atom. The molecule has 228 valence electrons. The van der Waals surface area contributed by atoms with Crippen LogP contribution in [0.4, 0.5) is 4.79 Å². The van der Waals surface area contributed by atoms with E-state index >= 15 is 0 Å². The molecule has 2 fully saturated rings. The molecule has 0 unspecified atom stereocenters. The van der Waals surface area contributed by atoms with Gasteiger partial charge in [0.05, 0.1) is 12.3 Å². The lowest BCUT2D eigenvalue weighted by molar-refractivity contribution is -0.146. The molecular weight excluding hydrogens is 564 g/mol. The number of oxime groups is 1. The maximum atomic E-state index is 14.2. The second-order valence-electron chi connectivity index (χ2n) is 13.4. The van der Waals surface area contributed by atoms with Crippen molar-refractivity contribution in [1.82, 2.24) is 15.5 Å². The molecule has 3 amide bonds. The van der Waals surface area contributed by atoms with Crippen LogP contribution < -0.4 is 10.6 Å². The molecule has 11 nitrogen and oxygen atoms in total. The summed E-state index contributed by atoms with van der Waals surface area (Å²) in [6.07, 6.45) is 1.28. The first kappa shape index (κ1) is 31.3. The van der Waals surface area contributed by atoms with E-state index in [4.69, 9.17) is 21.2 Å². The molecule has 0 aromatic heterocycles. The summed E-state index contributed by atoms with van der Waals surface area (Å²) >= 11 is 6.18. The number of benzene rings is 1. The predicted octanol–water partition coefficient (Wildman–Crippen LogP) is 3.89. The van der Waals surface area contributed by atoms with Gasteiger partial charge >= 0.3 is 12.1 Å². The van der Waals surface area contributed by atoms with Gasteiger partial charge in [0.15, 0.2) is 5.60 Å². The number of rotatable bonds is 7. The van der Waals surface area contributed by atoms with Gasteiger partial charge in [-0.2, -0.15) is 0 Å². The van der Waals surface area contributed by atoms with Crippen molar-refractivity contribution in [2.45, 2.75) is 89.6 Å². The Balaban J connectivity index is 1.64. The Labute approximate surface area is 250 Å². The van der Waals surface area contributed by atoms with Crippen LogP contribution in [-0.4, -0.2) is 75.0 Å². The van der Waals surface area contributed by atoms with E-state index in [0.717, 1.165) is 5.56 Å². The van der Waals surface area contributed by atoms with E-state index in [0.29, 0.717) is 17.2 Å². The topological polar surface area (TPSA) is 147 Å². The molecule has 1 spiro atoms. The van der Waals surface area contributed by atoms with Crippen molar-refractivity contribution in [3.63, 3.8) is 0 Å². The quantitative estimate of drug-likeness (QED) is 0.401. The summed E-state index contributed by atoms with van der Waals surface area (Å²) in [4.78, 5) is 60.2. The lowest BCUT2D eigenvalue weighted by atomic mass is 9.85. The van der Waals surface area contributed by atoms with Crippen molar-refractivity contribution < 1.29 is 33.9 Å². The highest BCUT2D eigenvalue weighted by molar-refractivity contribution is 6.31. The number of halogens is 1. The van der Waals surface area contributed by atoms with E-state index in [2.05, 4.69) is 22.4 Å². The Morgan fingerprint density at radius 2 is 1.90 bits per heavy atom. The minimum absolute atomic E-state index is 0.00891. The highest BCUT2D eigenvalue weighted by atomic mass is 35.5. The van der Waals surface area contributed by atoms with Gasteiger partial charge < -0.3 is 30.2 Å². The van der Waals surface area contributed by atoms with Gasteiger partial charge in [0.1, 0.15) is 23.2 Å². The average Bonchev–Trinajstić information content (AvgIpc) is 3.23. The van der Waals surface area contributed by atoms with Crippen LogP contribution in [0.15, 0.2) is 42.1 Å². The van der Waals surface area contributed by atoms with Gasteiger partial charge in [-0.3, -0.25) is 9.59 Å². The number of likely N-dealkylation sites (tertiary alicyclic amines) is 1. The van der Waals surface area contributed by atoms with Gasteiger partial charge in [0.2, 0.25) is 11.8 Å². The summed E-state index contributed by atoms with van der Waals surface area (Å²) in [6, 6.07) is 4.98. The number of hydrogen-bond acceptors (Lipinski definition) is 7. The first-order valence-corrected chi connectivity index (χ1v) is 14.3. The molecule has 1 saturated carbocycles. The molecule has 4 rings (SSSR count). The number of aliphatic carboxylic acids is 1. The Kier molecular flexibility index (Phi) is 8.14. The molecule has 3 aliphatic rings. The molecule has 1 aromatic carbocycles. The first-order chi connectivity index (χ1) is 19.4. The number of nitrogens with zero attached hydrogens (tertiary/aromatic N) is 2. The Bertz CT molecular complexity index is 1330. The number of carbonyl (C=O) groups excluding carboxylic acids is 3. The van der Waals surface area contributed by atoms with Crippen LogP contribution in [0.2, 0.25) is 5.02 Å². The van der Waals surface area contributed by atoms with E-state index < -0.39 is 64.0 Å². The van der Waals surface area contributed by atoms with Crippen LogP contribution in [0.3, 0.4) is 0 Å². The number of carbonyl (C=O) groups is 4. The minimum Gasteiger partial charge on any atom is -0.479 e. The van der Waals surface area contributed by atoms with Crippen LogP contribution in [0.5, 0.6) is 0 Å². The van der Waals surface area contributed by atoms with E-state index in [1.54, 1.807) is 59.7 Å². The number of ether oxygens (including phenoxy) is 1. The zero-order valence-electron chi connectivity index (χ0n) is 24.8. The molecule has 5 atom stereocenters. The molecule has 1 aromatic rings.